The highest BCUT2D eigenvalue weighted by atomic mass is 16.6. The Hall–Kier alpha value is -2.40. The Morgan fingerprint density at radius 3 is 1.34 bits per heavy atom. The molecule has 0 bridgehead atoms. The molecule has 0 aliphatic rings. The normalized spacial score (nSPS) is 12.7. The van der Waals surface area contributed by atoms with Crippen LogP contribution < -0.4 is 0 Å². The summed E-state index contributed by atoms with van der Waals surface area (Å²) in [6.45, 7) is 7.65. The first-order chi connectivity index (χ1) is 28.6. The molecular weight excluding hydrogens is 717 g/mol. The summed E-state index contributed by atoms with van der Waals surface area (Å²) in [4.78, 5) is 25.3. The van der Waals surface area contributed by atoms with E-state index in [-0.39, 0.29) is 25.2 Å². The fraction of sp³-hybridized carbons (Fsp3) is 0.774. The Balaban J connectivity index is 4.29. The first-order valence-corrected chi connectivity index (χ1v) is 24.8. The summed E-state index contributed by atoms with van der Waals surface area (Å²) in [5.41, 5.74) is 0. The van der Waals surface area contributed by atoms with Crippen LogP contribution in [0.1, 0.15) is 239 Å². The van der Waals surface area contributed by atoms with Gasteiger partial charge < -0.3 is 14.2 Å². The molecular formula is C53H94O5. The smallest absolute Gasteiger partial charge is 0.306 e. The molecule has 0 heterocycles. The Morgan fingerprint density at radius 2 is 0.793 bits per heavy atom. The average molecular weight is 811 g/mol. The number of unbranched alkanes of at least 4 members (excludes halogenated alkanes) is 24. The van der Waals surface area contributed by atoms with Gasteiger partial charge >= 0.3 is 11.9 Å². The Morgan fingerprint density at radius 1 is 0.397 bits per heavy atom. The van der Waals surface area contributed by atoms with Crippen LogP contribution >= 0.6 is 0 Å². The molecule has 0 unspecified atom stereocenters. The minimum absolute atomic E-state index is 0.0617. The lowest BCUT2D eigenvalue weighted by Gasteiger charge is -2.18. The van der Waals surface area contributed by atoms with E-state index in [2.05, 4.69) is 81.5 Å². The van der Waals surface area contributed by atoms with E-state index in [9.17, 15) is 9.59 Å². The monoisotopic (exact) mass is 811 g/mol. The third kappa shape index (κ3) is 46.3. The molecule has 5 heteroatoms. The number of carbonyl (C=O) groups is 2. The molecule has 0 amide bonds. The summed E-state index contributed by atoms with van der Waals surface area (Å²) >= 11 is 0. The summed E-state index contributed by atoms with van der Waals surface area (Å²) in [5.74, 6) is -0.451. The van der Waals surface area contributed by atoms with Gasteiger partial charge in [0.15, 0.2) is 6.10 Å². The Labute approximate surface area is 360 Å². The standard InChI is InChI=1S/C53H94O5/c1-4-7-10-13-16-19-22-24-26-28-30-33-36-39-42-45-48-56-49-51(58-53(55)47-44-41-38-35-31-21-18-15-12-9-6-3)50-57-52(54)46-43-40-37-34-32-29-27-25-23-20-17-14-11-8-5-2/h8,11,15,17-18,20,25,27,32,34,51H,4-7,9-10,12-14,16,19,21-24,26,28-31,33,35-50H2,1-3H3/b11-8-,18-15-,20-17-,27-25-,34-32-/t51-/m1/s1. The maximum atomic E-state index is 12.7. The molecule has 0 aromatic carbocycles. The van der Waals surface area contributed by atoms with Crippen molar-refractivity contribution < 1.29 is 23.8 Å². The largest absolute Gasteiger partial charge is 0.462 e. The highest BCUT2D eigenvalue weighted by molar-refractivity contribution is 5.70. The van der Waals surface area contributed by atoms with Gasteiger partial charge in [-0.25, -0.2) is 0 Å². The van der Waals surface area contributed by atoms with Crippen molar-refractivity contribution in [2.75, 3.05) is 19.8 Å². The number of hydrogen-bond acceptors (Lipinski definition) is 5. The number of allylic oxidation sites excluding steroid dienone is 10. The van der Waals surface area contributed by atoms with Crippen molar-refractivity contribution in [2.24, 2.45) is 0 Å². The van der Waals surface area contributed by atoms with Crippen molar-refractivity contribution in [1.29, 1.82) is 0 Å². The number of hydrogen-bond donors (Lipinski definition) is 0. The van der Waals surface area contributed by atoms with Gasteiger partial charge in [0.25, 0.3) is 0 Å². The second-order valence-corrected chi connectivity index (χ2v) is 16.3. The van der Waals surface area contributed by atoms with Gasteiger partial charge in [0.2, 0.25) is 0 Å². The van der Waals surface area contributed by atoms with Crippen molar-refractivity contribution in [3.8, 4) is 0 Å². The molecule has 0 radical (unpaired) electrons. The molecule has 58 heavy (non-hydrogen) atoms. The van der Waals surface area contributed by atoms with Crippen LogP contribution in [0.3, 0.4) is 0 Å². The van der Waals surface area contributed by atoms with Gasteiger partial charge in [0, 0.05) is 19.4 Å². The zero-order valence-corrected chi connectivity index (χ0v) is 38.6. The van der Waals surface area contributed by atoms with Crippen LogP contribution in [0.4, 0.5) is 0 Å². The predicted octanol–water partition coefficient (Wildman–Crippen LogP) is 16.6. The molecule has 0 aromatic rings. The maximum absolute atomic E-state index is 12.7. The quantitative estimate of drug-likeness (QED) is 0.0348. The number of ether oxygens (including phenoxy) is 3. The second kappa shape index (κ2) is 49.0. The number of rotatable bonds is 45. The SMILES string of the molecule is CC/C=C\C/C=C\C/C=C\C/C=C\CCCCC(=O)OC[C@@H](COCCCCCCCCCCCCCCCCCC)OC(=O)CCCCCCC/C=C\CCCC. The van der Waals surface area contributed by atoms with Gasteiger partial charge in [0.1, 0.15) is 6.61 Å². The lowest BCUT2D eigenvalue weighted by atomic mass is 10.0. The minimum Gasteiger partial charge on any atom is -0.462 e. The predicted molar refractivity (Wildman–Crippen MR) is 251 cm³/mol. The van der Waals surface area contributed by atoms with E-state index in [1.807, 2.05) is 0 Å². The van der Waals surface area contributed by atoms with Crippen molar-refractivity contribution in [1.82, 2.24) is 0 Å². The van der Waals surface area contributed by atoms with Crippen LogP contribution in [0.25, 0.3) is 0 Å². The summed E-state index contributed by atoms with van der Waals surface area (Å²) in [5, 5.41) is 0. The number of esters is 2. The molecule has 0 aromatic heterocycles. The molecule has 0 saturated carbocycles. The zero-order chi connectivity index (χ0) is 42.1. The molecule has 1 atom stereocenters. The fourth-order valence-electron chi connectivity index (χ4n) is 6.83. The molecule has 0 fully saturated rings. The van der Waals surface area contributed by atoms with E-state index < -0.39 is 6.10 Å². The highest BCUT2D eigenvalue weighted by Gasteiger charge is 2.17. The summed E-state index contributed by atoms with van der Waals surface area (Å²) in [6, 6.07) is 0. The van der Waals surface area contributed by atoms with Crippen molar-refractivity contribution in [2.45, 2.75) is 245 Å². The van der Waals surface area contributed by atoms with Gasteiger partial charge in [-0.1, -0.05) is 210 Å². The van der Waals surface area contributed by atoms with Crippen LogP contribution in [0.15, 0.2) is 60.8 Å². The van der Waals surface area contributed by atoms with Gasteiger partial charge in [0.05, 0.1) is 6.61 Å². The number of carbonyl (C=O) groups excluding carboxylic acids is 2. The summed E-state index contributed by atoms with van der Waals surface area (Å²) < 4.78 is 17.3. The maximum Gasteiger partial charge on any atom is 0.306 e. The van der Waals surface area contributed by atoms with Gasteiger partial charge in [-0.2, -0.15) is 0 Å². The van der Waals surface area contributed by atoms with Crippen LogP contribution in [-0.4, -0.2) is 37.9 Å². The second-order valence-electron chi connectivity index (χ2n) is 16.3. The summed E-state index contributed by atoms with van der Waals surface area (Å²) in [7, 11) is 0. The van der Waals surface area contributed by atoms with E-state index in [1.54, 1.807) is 0 Å². The topological polar surface area (TPSA) is 61.8 Å². The van der Waals surface area contributed by atoms with Crippen LogP contribution in [0.5, 0.6) is 0 Å². The molecule has 0 spiro atoms. The van der Waals surface area contributed by atoms with Gasteiger partial charge in [-0.3, -0.25) is 9.59 Å². The molecule has 0 aliphatic carbocycles. The van der Waals surface area contributed by atoms with Crippen LogP contribution in [0, 0.1) is 0 Å². The van der Waals surface area contributed by atoms with E-state index >= 15 is 0 Å². The van der Waals surface area contributed by atoms with E-state index in [0.29, 0.717) is 19.4 Å². The van der Waals surface area contributed by atoms with Gasteiger partial charge in [-0.05, 0) is 77.0 Å². The van der Waals surface area contributed by atoms with E-state index in [1.165, 1.54) is 122 Å². The first-order valence-electron chi connectivity index (χ1n) is 24.8. The molecule has 0 rings (SSSR count). The molecule has 0 N–H and O–H groups in total. The Kier molecular flexibility index (Phi) is 46.9. The van der Waals surface area contributed by atoms with E-state index in [0.717, 1.165) is 83.5 Å². The van der Waals surface area contributed by atoms with Crippen molar-refractivity contribution >= 4 is 11.9 Å². The average Bonchev–Trinajstić information content (AvgIpc) is 3.22. The summed E-state index contributed by atoms with van der Waals surface area (Å²) in [6.07, 6.45) is 60.9. The van der Waals surface area contributed by atoms with E-state index in [4.69, 9.17) is 14.2 Å². The van der Waals surface area contributed by atoms with Crippen LogP contribution in [-0.2, 0) is 23.8 Å². The highest BCUT2D eigenvalue weighted by Crippen LogP contribution is 2.15. The fourth-order valence-corrected chi connectivity index (χ4v) is 6.83. The van der Waals surface area contributed by atoms with Crippen molar-refractivity contribution in [3.63, 3.8) is 0 Å². The van der Waals surface area contributed by atoms with Crippen LogP contribution in [0.2, 0.25) is 0 Å². The first kappa shape index (κ1) is 55.6. The molecule has 0 aliphatic heterocycles. The third-order valence-electron chi connectivity index (χ3n) is 10.5. The molecule has 336 valence electrons. The third-order valence-corrected chi connectivity index (χ3v) is 10.5. The van der Waals surface area contributed by atoms with Crippen molar-refractivity contribution in [3.05, 3.63) is 60.8 Å². The lowest BCUT2D eigenvalue weighted by molar-refractivity contribution is -0.163. The lowest BCUT2D eigenvalue weighted by Crippen LogP contribution is -2.30. The Bertz CT molecular complexity index is 1010. The zero-order valence-electron chi connectivity index (χ0n) is 38.6. The minimum atomic E-state index is -0.554. The molecule has 5 nitrogen and oxygen atoms in total. The van der Waals surface area contributed by atoms with Gasteiger partial charge in [-0.15, -0.1) is 0 Å². The molecule has 0 saturated heterocycles.